The Balaban J connectivity index is 2.01. The fourth-order valence-corrected chi connectivity index (χ4v) is 2.47. The monoisotopic (exact) mass is 262 g/mol. The SMILES string of the molecule is CCN(CCOC)C(=O)C1Cc2ccccc2CN1. The lowest BCUT2D eigenvalue weighted by Crippen LogP contribution is -2.50. The molecule has 0 saturated carbocycles. The first-order valence-electron chi connectivity index (χ1n) is 6.84. The number of ether oxygens (including phenoxy) is 1. The summed E-state index contributed by atoms with van der Waals surface area (Å²) in [4.78, 5) is 14.3. The minimum Gasteiger partial charge on any atom is -0.383 e. The van der Waals surface area contributed by atoms with Crippen molar-refractivity contribution in [2.45, 2.75) is 25.9 Å². The molecule has 4 nitrogen and oxygen atoms in total. The van der Waals surface area contributed by atoms with Crippen LogP contribution in [0.2, 0.25) is 0 Å². The number of fused-ring (bicyclic) bond motifs is 1. The molecule has 0 bridgehead atoms. The Morgan fingerprint density at radius 2 is 2.16 bits per heavy atom. The van der Waals surface area contributed by atoms with Crippen molar-refractivity contribution in [2.75, 3.05) is 26.8 Å². The van der Waals surface area contributed by atoms with Crippen LogP contribution in [0.5, 0.6) is 0 Å². The third-order valence-corrected chi connectivity index (χ3v) is 3.64. The molecular formula is C15H22N2O2. The predicted octanol–water partition coefficient (Wildman–Crippen LogP) is 1.20. The van der Waals surface area contributed by atoms with Gasteiger partial charge in [-0.25, -0.2) is 0 Å². The number of nitrogens with one attached hydrogen (secondary N) is 1. The van der Waals surface area contributed by atoms with Gasteiger partial charge in [0.05, 0.1) is 12.6 Å². The molecule has 104 valence electrons. The number of methoxy groups -OCH3 is 1. The van der Waals surface area contributed by atoms with Crippen LogP contribution >= 0.6 is 0 Å². The fourth-order valence-electron chi connectivity index (χ4n) is 2.47. The third-order valence-electron chi connectivity index (χ3n) is 3.64. The molecular weight excluding hydrogens is 240 g/mol. The number of carbonyl (C=O) groups is 1. The first-order chi connectivity index (χ1) is 9.26. The molecule has 2 rings (SSSR count). The summed E-state index contributed by atoms with van der Waals surface area (Å²) >= 11 is 0. The summed E-state index contributed by atoms with van der Waals surface area (Å²) in [5, 5.41) is 3.33. The van der Waals surface area contributed by atoms with E-state index in [1.54, 1.807) is 7.11 Å². The van der Waals surface area contributed by atoms with E-state index in [0.717, 1.165) is 19.5 Å². The average Bonchev–Trinajstić information content (AvgIpc) is 2.47. The number of amides is 1. The smallest absolute Gasteiger partial charge is 0.240 e. The lowest BCUT2D eigenvalue weighted by atomic mass is 9.95. The van der Waals surface area contributed by atoms with E-state index >= 15 is 0 Å². The van der Waals surface area contributed by atoms with E-state index in [9.17, 15) is 4.79 Å². The molecule has 0 saturated heterocycles. The summed E-state index contributed by atoms with van der Waals surface area (Å²) in [6, 6.07) is 8.20. The van der Waals surface area contributed by atoms with Gasteiger partial charge in [0, 0.05) is 26.7 Å². The minimum absolute atomic E-state index is 0.105. The molecule has 0 spiro atoms. The number of hydrogen-bond acceptors (Lipinski definition) is 3. The molecule has 0 aliphatic carbocycles. The van der Waals surface area contributed by atoms with Crippen molar-refractivity contribution in [3.63, 3.8) is 0 Å². The zero-order valence-corrected chi connectivity index (χ0v) is 11.7. The second-order valence-electron chi connectivity index (χ2n) is 4.82. The number of rotatable bonds is 5. The van der Waals surface area contributed by atoms with E-state index in [2.05, 4.69) is 17.4 Å². The van der Waals surface area contributed by atoms with Gasteiger partial charge in [-0.3, -0.25) is 4.79 Å². The molecule has 0 fully saturated rings. The highest BCUT2D eigenvalue weighted by Gasteiger charge is 2.26. The summed E-state index contributed by atoms with van der Waals surface area (Å²) in [5.74, 6) is 0.175. The quantitative estimate of drug-likeness (QED) is 0.867. The summed E-state index contributed by atoms with van der Waals surface area (Å²) in [6.07, 6.45) is 0.776. The van der Waals surface area contributed by atoms with Gasteiger partial charge in [0.25, 0.3) is 0 Å². The Labute approximate surface area is 114 Å². The second kappa shape index (κ2) is 6.68. The Hall–Kier alpha value is -1.39. The maximum atomic E-state index is 12.5. The zero-order valence-electron chi connectivity index (χ0n) is 11.7. The van der Waals surface area contributed by atoms with Gasteiger partial charge in [0.2, 0.25) is 5.91 Å². The van der Waals surface area contributed by atoms with Gasteiger partial charge in [0.1, 0.15) is 0 Å². The number of nitrogens with zero attached hydrogens (tertiary/aromatic N) is 1. The van der Waals surface area contributed by atoms with E-state index in [4.69, 9.17) is 4.74 Å². The molecule has 1 atom stereocenters. The maximum Gasteiger partial charge on any atom is 0.240 e. The average molecular weight is 262 g/mol. The van der Waals surface area contributed by atoms with Crippen molar-refractivity contribution >= 4 is 5.91 Å². The van der Waals surface area contributed by atoms with Crippen molar-refractivity contribution in [1.29, 1.82) is 0 Å². The van der Waals surface area contributed by atoms with E-state index in [1.165, 1.54) is 11.1 Å². The highest BCUT2D eigenvalue weighted by Crippen LogP contribution is 2.17. The molecule has 1 N–H and O–H groups in total. The lowest BCUT2D eigenvalue weighted by Gasteiger charge is -2.30. The Morgan fingerprint density at radius 3 is 2.84 bits per heavy atom. The summed E-state index contributed by atoms with van der Waals surface area (Å²) in [5.41, 5.74) is 2.58. The van der Waals surface area contributed by atoms with Crippen LogP contribution in [0, 0.1) is 0 Å². The molecule has 1 aromatic carbocycles. The van der Waals surface area contributed by atoms with E-state index in [0.29, 0.717) is 13.2 Å². The first kappa shape index (κ1) is 14.0. The van der Waals surface area contributed by atoms with Gasteiger partial charge < -0.3 is 15.0 Å². The van der Waals surface area contributed by atoms with Crippen molar-refractivity contribution in [2.24, 2.45) is 0 Å². The lowest BCUT2D eigenvalue weighted by molar-refractivity contribution is -0.134. The molecule has 19 heavy (non-hydrogen) atoms. The first-order valence-corrected chi connectivity index (χ1v) is 6.84. The van der Waals surface area contributed by atoms with Crippen LogP contribution in [-0.2, 0) is 22.5 Å². The standard InChI is InChI=1S/C15H22N2O2/c1-3-17(8-9-19-2)15(18)14-10-12-6-4-5-7-13(12)11-16-14/h4-7,14,16H,3,8-11H2,1-2H3. The third kappa shape index (κ3) is 3.33. The van der Waals surface area contributed by atoms with E-state index in [1.807, 2.05) is 24.0 Å². The predicted molar refractivity (Wildman–Crippen MR) is 74.9 cm³/mol. The van der Waals surface area contributed by atoms with Gasteiger partial charge in [-0.2, -0.15) is 0 Å². The van der Waals surface area contributed by atoms with Crippen LogP contribution in [-0.4, -0.2) is 43.7 Å². The number of benzene rings is 1. The Morgan fingerprint density at radius 1 is 1.42 bits per heavy atom. The van der Waals surface area contributed by atoms with Crippen molar-refractivity contribution in [3.05, 3.63) is 35.4 Å². The van der Waals surface area contributed by atoms with Gasteiger partial charge in [0.15, 0.2) is 0 Å². The van der Waals surface area contributed by atoms with Gasteiger partial charge >= 0.3 is 0 Å². The molecule has 1 aliphatic heterocycles. The fraction of sp³-hybridized carbons (Fsp3) is 0.533. The topological polar surface area (TPSA) is 41.6 Å². The molecule has 4 heteroatoms. The molecule has 1 unspecified atom stereocenters. The molecule has 1 aromatic rings. The normalized spacial score (nSPS) is 17.9. The molecule has 1 amide bonds. The van der Waals surface area contributed by atoms with Crippen molar-refractivity contribution in [1.82, 2.24) is 10.2 Å². The van der Waals surface area contributed by atoms with E-state index in [-0.39, 0.29) is 11.9 Å². The number of carbonyl (C=O) groups excluding carboxylic acids is 1. The van der Waals surface area contributed by atoms with Gasteiger partial charge in [-0.1, -0.05) is 24.3 Å². The van der Waals surface area contributed by atoms with Crippen molar-refractivity contribution < 1.29 is 9.53 Å². The maximum absolute atomic E-state index is 12.5. The largest absolute Gasteiger partial charge is 0.383 e. The van der Waals surface area contributed by atoms with Crippen LogP contribution < -0.4 is 5.32 Å². The van der Waals surface area contributed by atoms with Gasteiger partial charge in [-0.15, -0.1) is 0 Å². The van der Waals surface area contributed by atoms with Crippen LogP contribution in [0.3, 0.4) is 0 Å². The van der Waals surface area contributed by atoms with Crippen LogP contribution in [0.25, 0.3) is 0 Å². The molecule has 1 aliphatic rings. The Bertz CT molecular complexity index is 434. The zero-order chi connectivity index (χ0) is 13.7. The summed E-state index contributed by atoms with van der Waals surface area (Å²) in [6.45, 7) is 4.75. The second-order valence-corrected chi connectivity index (χ2v) is 4.82. The van der Waals surface area contributed by atoms with Crippen LogP contribution in [0.1, 0.15) is 18.1 Å². The molecule has 0 radical (unpaired) electrons. The highest BCUT2D eigenvalue weighted by molar-refractivity contribution is 5.82. The van der Waals surface area contributed by atoms with Gasteiger partial charge in [-0.05, 0) is 24.5 Å². The summed E-state index contributed by atoms with van der Waals surface area (Å²) in [7, 11) is 1.66. The summed E-state index contributed by atoms with van der Waals surface area (Å²) < 4.78 is 5.05. The number of hydrogen-bond donors (Lipinski definition) is 1. The highest BCUT2D eigenvalue weighted by atomic mass is 16.5. The minimum atomic E-state index is -0.105. The Kier molecular flexibility index (Phi) is 4.93. The van der Waals surface area contributed by atoms with E-state index < -0.39 is 0 Å². The molecule has 1 heterocycles. The van der Waals surface area contributed by atoms with Crippen LogP contribution in [0.15, 0.2) is 24.3 Å². The van der Waals surface area contributed by atoms with Crippen molar-refractivity contribution in [3.8, 4) is 0 Å². The molecule has 0 aromatic heterocycles. The number of likely N-dealkylation sites (N-methyl/N-ethyl adjacent to an activating group) is 1. The van der Waals surface area contributed by atoms with Crippen LogP contribution in [0.4, 0.5) is 0 Å².